The molecule has 6 heteroatoms. The molecule has 0 amide bonds. The summed E-state index contributed by atoms with van der Waals surface area (Å²) >= 11 is 0. The summed E-state index contributed by atoms with van der Waals surface area (Å²) in [6.45, 7) is 5.95. The van der Waals surface area contributed by atoms with E-state index in [0.29, 0.717) is 12.8 Å². The number of carbonyl (C=O) groups excluding carboxylic acids is 3. The summed E-state index contributed by atoms with van der Waals surface area (Å²) in [5.41, 5.74) is 0. The molecule has 0 fully saturated rings. The van der Waals surface area contributed by atoms with Gasteiger partial charge in [-0.05, 0) is 12.8 Å². The maximum atomic E-state index is 11.3. The number of unbranched alkanes of at least 4 members (excludes halogenated alkanes) is 1. The lowest BCUT2D eigenvalue weighted by atomic mass is 10.2. The second kappa shape index (κ2) is 9.21. The topological polar surface area (TPSA) is 78.9 Å². The van der Waals surface area contributed by atoms with E-state index in [0.717, 1.165) is 6.26 Å². The van der Waals surface area contributed by atoms with Crippen molar-refractivity contribution in [3.05, 3.63) is 12.8 Å². The molecule has 0 aromatic heterocycles. The maximum Gasteiger partial charge on any atom is 0.310 e. The lowest BCUT2D eigenvalue weighted by Gasteiger charge is -2.12. The zero-order valence-electron chi connectivity index (χ0n) is 10.6. The molecule has 0 aromatic carbocycles. The monoisotopic (exact) mass is 258 g/mol. The molecule has 0 radical (unpaired) electrons. The van der Waals surface area contributed by atoms with Crippen molar-refractivity contribution in [1.29, 1.82) is 0 Å². The van der Waals surface area contributed by atoms with Crippen molar-refractivity contribution in [3.8, 4) is 0 Å². The first kappa shape index (κ1) is 16.1. The van der Waals surface area contributed by atoms with Crippen LogP contribution in [-0.2, 0) is 28.6 Å². The van der Waals surface area contributed by atoms with E-state index in [1.165, 1.54) is 13.8 Å². The van der Waals surface area contributed by atoms with E-state index >= 15 is 0 Å². The van der Waals surface area contributed by atoms with Gasteiger partial charge in [-0.15, -0.1) is 0 Å². The molecule has 0 aliphatic heterocycles. The normalized spacial score (nSPS) is 11.2. The van der Waals surface area contributed by atoms with Gasteiger partial charge in [0, 0.05) is 26.7 Å². The summed E-state index contributed by atoms with van der Waals surface area (Å²) in [4.78, 5) is 32.7. The Morgan fingerprint density at radius 2 is 1.67 bits per heavy atom. The van der Waals surface area contributed by atoms with Gasteiger partial charge in [-0.1, -0.05) is 6.58 Å². The van der Waals surface area contributed by atoms with Gasteiger partial charge < -0.3 is 14.2 Å². The molecule has 0 saturated heterocycles. The number of hydrogen-bond donors (Lipinski definition) is 0. The average Bonchev–Trinajstić information content (AvgIpc) is 2.23. The van der Waals surface area contributed by atoms with Crippen molar-refractivity contribution in [2.45, 2.75) is 45.8 Å². The zero-order chi connectivity index (χ0) is 14.0. The SMILES string of the molecule is C=COC(=O)CCCCC(=O)OC(C)OC(C)=O. The van der Waals surface area contributed by atoms with E-state index < -0.39 is 18.2 Å². The van der Waals surface area contributed by atoms with Crippen molar-refractivity contribution in [2.24, 2.45) is 0 Å². The number of ether oxygens (including phenoxy) is 3. The van der Waals surface area contributed by atoms with Crippen LogP contribution in [0.4, 0.5) is 0 Å². The third-order valence-electron chi connectivity index (χ3n) is 1.86. The summed E-state index contributed by atoms with van der Waals surface area (Å²) in [6, 6.07) is 0. The Labute approximate surface area is 106 Å². The van der Waals surface area contributed by atoms with Crippen molar-refractivity contribution >= 4 is 17.9 Å². The van der Waals surface area contributed by atoms with Crippen LogP contribution in [0.1, 0.15) is 39.5 Å². The first-order valence-corrected chi connectivity index (χ1v) is 5.62. The Hall–Kier alpha value is -1.85. The fraction of sp³-hybridized carbons (Fsp3) is 0.583. The van der Waals surface area contributed by atoms with E-state index in [1.807, 2.05) is 0 Å². The highest BCUT2D eigenvalue weighted by atomic mass is 16.7. The fourth-order valence-corrected chi connectivity index (χ4v) is 1.19. The van der Waals surface area contributed by atoms with Crippen molar-refractivity contribution in [1.82, 2.24) is 0 Å². The Kier molecular flexibility index (Phi) is 8.26. The predicted octanol–water partition coefficient (Wildman–Crippen LogP) is 1.69. The highest BCUT2D eigenvalue weighted by Gasteiger charge is 2.11. The van der Waals surface area contributed by atoms with Gasteiger partial charge in [0.15, 0.2) is 0 Å². The van der Waals surface area contributed by atoms with Gasteiger partial charge >= 0.3 is 17.9 Å². The van der Waals surface area contributed by atoms with Gasteiger partial charge in [-0.25, -0.2) is 0 Å². The van der Waals surface area contributed by atoms with E-state index in [1.54, 1.807) is 0 Å². The lowest BCUT2D eigenvalue weighted by molar-refractivity contribution is -0.183. The predicted molar refractivity (Wildman–Crippen MR) is 62.1 cm³/mol. The van der Waals surface area contributed by atoms with Crippen LogP contribution >= 0.6 is 0 Å². The van der Waals surface area contributed by atoms with Crippen molar-refractivity contribution < 1.29 is 28.6 Å². The van der Waals surface area contributed by atoms with Gasteiger partial charge in [0.1, 0.15) is 0 Å². The highest BCUT2D eigenvalue weighted by molar-refractivity contribution is 5.71. The first-order valence-electron chi connectivity index (χ1n) is 5.62. The van der Waals surface area contributed by atoms with Gasteiger partial charge in [0.25, 0.3) is 0 Å². The molecule has 0 aliphatic carbocycles. The molecule has 1 unspecified atom stereocenters. The smallest absolute Gasteiger partial charge is 0.310 e. The summed E-state index contributed by atoms with van der Waals surface area (Å²) in [7, 11) is 0. The van der Waals surface area contributed by atoms with Crippen LogP contribution in [0.25, 0.3) is 0 Å². The van der Waals surface area contributed by atoms with Crippen LogP contribution in [0.3, 0.4) is 0 Å². The molecule has 0 saturated carbocycles. The summed E-state index contributed by atoms with van der Waals surface area (Å²) in [5.74, 6) is -1.37. The average molecular weight is 258 g/mol. The number of esters is 3. The number of rotatable bonds is 8. The molecule has 0 rings (SSSR count). The van der Waals surface area contributed by atoms with Crippen LogP contribution < -0.4 is 0 Å². The quantitative estimate of drug-likeness (QED) is 0.285. The molecule has 1 atom stereocenters. The molecule has 0 heterocycles. The van der Waals surface area contributed by atoms with Gasteiger partial charge in [0.2, 0.25) is 6.29 Å². The first-order chi connectivity index (χ1) is 8.45. The molecule has 0 spiro atoms. The number of carbonyl (C=O) groups is 3. The van der Waals surface area contributed by atoms with Gasteiger partial charge in [-0.2, -0.15) is 0 Å². The zero-order valence-corrected chi connectivity index (χ0v) is 10.6. The molecular formula is C12H18O6. The summed E-state index contributed by atoms with van der Waals surface area (Å²) in [6.07, 6.45) is 1.57. The second-order valence-electron chi connectivity index (χ2n) is 3.53. The summed E-state index contributed by atoms with van der Waals surface area (Å²) in [5, 5.41) is 0. The van der Waals surface area contributed by atoms with Crippen LogP contribution in [0.5, 0.6) is 0 Å². The largest absolute Gasteiger partial charge is 0.435 e. The Bertz CT molecular complexity index is 310. The minimum atomic E-state index is -0.888. The molecule has 6 nitrogen and oxygen atoms in total. The minimum absolute atomic E-state index is 0.160. The molecule has 18 heavy (non-hydrogen) atoms. The molecule has 0 aromatic rings. The Morgan fingerprint density at radius 1 is 1.11 bits per heavy atom. The van der Waals surface area contributed by atoms with Crippen LogP contribution in [0, 0.1) is 0 Å². The van der Waals surface area contributed by atoms with Crippen LogP contribution in [-0.4, -0.2) is 24.2 Å². The third kappa shape index (κ3) is 9.38. The standard InChI is InChI=1S/C12H18O6/c1-4-16-11(14)7-5-6-8-12(15)18-10(3)17-9(2)13/h4,10H,1,5-8H2,2-3H3. The Morgan fingerprint density at radius 3 is 2.17 bits per heavy atom. The lowest BCUT2D eigenvalue weighted by Crippen LogP contribution is -2.20. The molecular weight excluding hydrogens is 240 g/mol. The van der Waals surface area contributed by atoms with Crippen molar-refractivity contribution in [2.75, 3.05) is 0 Å². The maximum absolute atomic E-state index is 11.3. The van der Waals surface area contributed by atoms with Gasteiger partial charge in [0.05, 0.1) is 6.26 Å². The summed E-state index contributed by atoms with van der Waals surface area (Å²) < 4.78 is 13.9. The third-order valence-corrected chi connectivity index (χ3v) is 1.86. The molecule has 0 bridgehead atoms. The number of hydrogen-bond acceptors (Lipinski definition) is 6. The molecule has 102 valence electrons. The van der Waals surface area contributed by atoms with Crippen molar-refractivity contribution in [3.63, 3.8) is 0 Å². The second-order valence-corrected chi connectivity index (χ2v) is 3.53. The van der Waals surface area contributed by atoms with Crippen LogP contribution in [0.15, 0.2) is 12.8 Å². The Balaban J connectivity index is 3.62. The van der Waals surface area contributed by atoms with E-state index in [2.05, 4.69) is 16.1 Å². The van der Waals surface area contributed by atoms with E-state index in [4.69, 9.17) is 4.74 Å². The highest BCUT2D eigenvalue weighted by Crippen LogP contribution is 2.05. The van der Waals surface area contributed by atoms with Gasteiger partial charge in [-0.3, -0.25) is 14.4 Å². The molecule has 0 aliphatic rings. The van der Waals surface area contributed by atoms with E-state index in [9.17, 15) is 14.4 Å². The fourth-order valence-electron chi connectivity index (χ4n) is 1.19. The van der Waals surface area contributed by atoms with Crippen LogP contribution in [0.2, 0.25) is 0 Å². The van der Waals surface area contributed by atoms with E-state index in [-0.39, 0.29) is 18.8 Å². The molecule has 0 N–H and O–H groups in total. The minimum Gasteiger partial charge on any atom is -0.435 e.